The number of carbonyl (C=O) groups excluding carboxylic acids is 1. The molecular weight excluding hydrogens is 414 g/mol. The zero-order chi connectivity index (χ0) is 23.4. The van der Waals surface area contributed by atoms with E-state index in [0.717, 1.165) is 23.2 Å². The Hall–Kier alpha value is -3.74. The maximum Gasteiger partial charge on any atom is 0.279 e. The summed E-state index contributed by atoms with van der Waals surface area (Å²) in [6, 6.07) is 19.8. The molecule has 2 aromatic heterocycles. The van der Waals surface area contributed by atoms with E-state index in [1.807, 2.05) is 86.0 Å². The van der Waals surface area contributed by atoms with Crippen LogP contribution in [0.25, 0.3) is 17.2 Å². The van der Waals surface area contributed by atoms with E-state index in [1.165, 1.54) is 4.52 Å². The van der Waals surface area contributed by atoms with E-state index in [-0.39, 0.29) is 23.9 Å². The number of nitrogens with one attached hydrogen (secondary N) is 1. The van der Waals surface area contributed by atoms with Crippen LogP contribution < -0.4 is 10.9 Å². The quantitative estimate of drug-likeness (QED) is 0.450. The minimum atomic E-state index is -0.224. The van der Waals surface area contributed by atoms with E-state index in [4.69, 9.17) is 4.98 Å². The molecule has 0 aliphatic carbocycles. The molecule has 0 spiro atoms. The summed E-state index contributed by atoms with van der Waals surface area (Å²) >= 11 is 0. The Morgan fingerprint density at radius 1 is 1.06 bits per heavy atom. The number of aromatic nitrogens is 4. The Morgan fingerprint density at radius 2 is 1.73 bits per heavy atom. The molecule has 0 saturated carbocycles. The molecule has 0 radical (unpaired) electrons. The lowest BCUT2D eigenvalue weighted by Crippen LogP contribution is -2.33. The third kappa shape index (κ3) is 4.87. The lowest BCUT2D eigenvalue weighted by atomic mass is 10.1. The minimum Gasteiger partial charge on any atom is -0.354 e. The zero-order valence-electron chi connectivity index (χ0n) is 19.3. The van der Waals surface area contributed by atoms with Gasteiger partial charge in [0.05, 0.1) is 6.54 Å². The van der Waals surface area contributed by atoms with Crippen LogP contribution in [0.2, 0.25) is 0 Å². The summed E-state index contributed by atoms with van der Waals surface area (Å²) in [7, 11) is 0. The first-order chi connectivity index (χ1) is 16.0. The van der Waals surface area contributed by atoms with E-state index < -0.39 is 0 Å². The number of hydrogen-bond donors (Lipinski definition) is 1. The van der Waals surface area contributed by atoms with E-state index in [1.54, 1.807) is 0 Å². The van der Waals surface area contributed by atoms with Crippen molar-refractivity contribution < 1.29 is 4.79 Å². The Morgan fingerprint density at radius 3 is 2.39 bits per heavy atom. The van der Waals surface area contributed by atoms with Crippen molar-refractivity contribution in [1.29, 1.82) is 0 Å². The van der Waals surface area contributed by atoms with Gasteiger partial charge in [-0.05, 0) is 32.3 Å². The van der Waals surface area contributed by atoms with Crippen molar-refractivity contribution in [2.75, 3.05) is 0 Å². The molecule has 4 aromatic rings. The molecule has 4 rings (SSSR count). The molecule has 1 atom stereocenters. The lowest BCUT2D eigenvalue weighted by molar-refractivity contribution is -0.121. The molecular formula is C26H29N5O2. The lowest BCUT2D eigenvalue weighted by Gasteiger charge is -2.16. The van der Waals surface area contributed by atoms with Crippen molar-refractivity contribution in [3.05, 3.63) is 87.8 Å². The number of benzene rings is 2. The number of nitrogens with zero attached hydrogens (tertiary/aromatic N) is 4. The molecule has 2 aromatic carbocycles. The van der Waals surface area contributed by atoms with Gasteiger partial charge in [-0.2, -0.15) is 9.50 Å². The van der Waals surface area contributed by atoms with Crippen LogP contribution in [-0.2, 0) is 17.8 Å². The van der Waals surface area contributed by atoms with E-state index in [2.05, 4.69) is 10.4 Å². The van der Waals surface area contributed by atoms with E-state index in [0.29, 0.717) is 30.1 Å². The van der Waals surface area contributed by atoms with Gasteiger partial charge in [-0.25, -0.2) is 0 Å². The predicted molar refractivity (Wildman–Crippen MR) is 129 cm³/mol. The summed E-state index contributed by atoms with van der Waals surface area (Å²) in [6.07, 6.45) is 1.46. The van der Waals surface area contributed by atoms with Crippen molar-refractivity contribution in [3.8, 4) is 11.4 Å². The van der Waals surface area contributed by atoms with Crippen molar-refractivity contribution in [3.63, 3.8) is 0 Å². The topological polar surface area (TPSA) is 81.3 Å². The highest BCUT2D eigenvalue weighted by atomic mass is 16.1. The summed E-state index contributed by atoms with van der Waals surface area (Å²) in [5.74, 6) is 0.940. The summed E-state index contributed by atoms with van der Waals surface area (Å²) in [5, 5.41) is 7.52. The Balaban J connectivity index is 1.79. The molecule has 33 heavy (non-hydrogen) atoms. The van der Waals surface area contributed by atoms with Crippen molar-refractivity contribution >= 4 is 11.7 Å². The number of rotatable bonds is 8. The Kier molecular flexibility index (Phi) is 6.68. The fourth-order valence-corrected chi connectivity index (χ4v) is 3.85. The summed E-state index contributed by atoms with van der Waals surface area (Å²) < 4.78 is 3.39. The highest BCUT2D eigenvalue weighted by Gasteiger charge is 2.19. The van der Waals surface area contributed by atoms with Crippen LogP contribution in [0.4, 0.5) is 0 Å². The van der Waals surface area contributed by atoms with E-state index >= 15 is 0 Å². The highest BCUT2D eigenvalue weighted by molar-refractivity contribution is 5.76. The predicted octanol–water partition coefficient (Wildman–Crippen LogP) is 3.76. The molecule has 0 fully saturated rings. The smallest absolute Gasteiger partial charge is 0.279 e. The van der Waals surface area contributed by atoms with Gasteiger partial charge >= 0.3 is 0 Å². The van der Waals surface area contributed by atoms with Gasteiger partial charge in [0.1, 0.15) is 0 Å². The fourth-order valence-electron chi connectivity index (χ4n) is 3.85. The van der Waals surface area contributed by atoms with Gasteiger partial charge < -0.3 is 9.88 Å². The summed E-state index contributed by atoms with van der Waals surface area (Å²) in [6.45, 7) is 6.47. The van der Waals surface area contributed by atoms with Crippen LogP contribution in [0.5, 0.6) is 0 Å². The van der Waals surface area contributed by atoms with Crippen molar-refractivity contribution in [2.45, 2.75) is 52.6 Å². The average Bonchev–Trinajstić information content (AvgIpc) is 3.28. The second-order valence-electron chi connectivity index (χ2n) is 8.33. The van der Waals surface area contributed by atoms with Gasteiger partial charge in [-0.1, -0.05) is 67.6 Å². The summed E-state index contributed by atoms with van der Waals surface area (Å²) in [4.78, 5) is 30.5. The first-order valence-electron chi connectivity index (χ1n) is 11.4. The molecule has 0 unspecified atom stereocenters. The molecule has 0 saturated heterocycles. The van der Waals surface area contributed by atoms with Crippen LogP contribution in [-0.4, -0.2) is 31.1 Å². The van der Waals surface area contributed by atoms with Crippen LogP contribution in [0.15, 0.2) is 65.5 Å². The standard InChI is InChI=1S/C26H29N5O2/c1-4-18(2)27-23(32)16-15-22-19(3)30(17-20-11-7-5-8-12-20)26-28-24(29-31(26)25(22)33)21-13-9-6-10-14-21/h5-14,18H,4,15-17H2,1-3H3,(H,27,32)/t18-/m0/s1. The van der Waals surface area contributed by atoms with E-state index in [9.17, 15) is 9.59 Å². The summed E-state index contributed by atoms with van der Waals surface area (Å²) in [5.41, 5.74) is 3.11. The van der Waals surface area contributed by atoms with Crippen LogP contribution in [0.1, 0.15) is 43.5 Å². The normalized spacial score (nSPS) is 12.1. The highest BCUT2D eigenvalue weighted by Crippen LogP contribution is 2.18. The second kappa shape index (κ2) is 9.81. The van der Waals surface area contributed by atoms with Gasteiger partial charge in [0.2, 0.25) is 11.7 Å². The monoisotopic (exact) mass is 443 g/mol. The van der Waals surface area contributed by atoms with Gasteiger partial charge in [-0.3, -0.25) is 9.59 Å². The Bertz CT molecular complexity index is 1310. The average molecular weight is 444 g/mol. The van der Waals surface area contributed by atoms with Crippen LogP contribution in [0, 0.1) is 6.92 Å². The molecule has 7 heteroatoms. The van der Waals surface area contributed by atoms with Gasteiger partial charge in [0.25, 0.3) is 5.56 Å². The molecule has 0 aliphatic heterocycles. The molecule has 2 heterocycles. The zero-order valence-corrected chi connectivity index (χ0v) is 19.3. The molecule has 170 valence electrons. The number of carbonyl (C=O) groups is 1. The van der Waals surface area contributed by atoms with Gasteiger partial charge in [-0.15, -0.1) is 5.10 Å². The fraction of sp³-hybridized carbons (Fsp3) is 0.308. The molecule has 1 N–H and O–H groups in total. The van der Waals surface area contributed by atoms with Gasteiger partial charge in [0, 0.05) is 29.3 Å². The minimum absolute atomic E-state index is 0.0542. The third-order valence-corrected chi connectivity index (χ3v) is 5.96. The third-order valence-electron chi connectivity index (χ3n) is 5.96. The maximum absolute atomic E-state index is 13.4. The van der Waals surface area contributed by atoms with Crippen molar-refractivity contribution in [2.24, 2.45) is 0 Å². The van der Waals surface area contributed by atoms with Gasteiger partial charge in [0.15, 0.2) is 5.82 Å². The van der Waals surface area contributed by atoms with Crippen LogP contribution >= 0.6 is 0 Å². The SMILES string of the molecule is CC[C@H](C)NC(=O)CCc1c(C)n(Cc2ccccc2)c2nc(-c3ccccc3)nn2c1=O. The number of amides is 1. The van der Waals surface area contributed by atoms with Crippen LogP contribution in [0.3, 0.4) is 0 Å². The number of hydrogen-bond acceptors (Lipinski definition) is 4. The largest absolute Gasteiger partial charge is 0.354 e. The Labute approximate surface area is 193 Å². The first-order valence-corrected chi connectivity index (χ1v) is 11.4. The molecule has 7 nitrogen and oxygen atoms in total. The molecule has 1 amide bonds. The second-order valence-corrected chi connectivity index (χ2v) is 8.33. The molecule has 0 aliphatic rings. The first kappa shape index (κ1) is 22.5. The maximum atomic E-state index is 13.4. The molecule has 0 bridgehead atoms. The number of fused-ring (bicyclic) bond motifs is 1. The van der Waals surface area contributed by atoms with Crippen molar-refractivity contribution in [1.82, 2.24) is 24.5 Å².